The fraction of sp³-hybridized carbons (Fsp3) is 1.00. The molecule has 1 saturated carbocycles. The maximum Gasteiger partial charge on any atom is 0.276 e. The van der Waals surface area contributed by atoms with E-state index < -0.39 is 12.0 Å². The van der Waals surface area contributed by atoms with Crippen LogP contribution < -0.4 is 0 Å². The third-order valence-electron chi connectivity index (χ3n) is 1.45. The average molecular weight is 121 g/mol. The lowest BCUT2D eigenvalue weighted by Crippen LogP contribution is -2.24. The first-order chi connectivity index (χ1) is 3.63. The smallest absolute Gasteiger partial charge is 0.226 e. The highest BCUT2D eigenvalue weighted by Crippen LogP contribution is 2.34. The summed E-state index contributed by atoms with van der Waals surface area (Å²) in [6.45, 7) is 0. The molecule has 1 unspecified atom stereocenters. The molecule has 0 aromatic heterocycles. The van der Waals surface area contributed by atoms with Crippen LogP contribution in [0.2, 0.25) is 0 Å². The Kier molecular flexibility index (Phi) is 1.23. The Morgan fingerprint density at radius 1 is 1.50 bits per heavy atom. The van der Waals surface area contributed by atoms with Crippen molar-refractivity contribution in [2.75, 3.05) is 0 Å². The molecule has 0 saturated heterocycles. The molecule has 3 heteroatoms. The molecule has 1 aliphatic rings. The van der Waals surface area contributed by atoms with Crippen molar-refractivity contribution in [3.63, 3.8) is 0 Å². The quantitative estimate of drug-likeness (QED) is 0.464. The SMILES string of the molecule is [O]C1CCCC1(F)F. The lowest BCUT2D eigenvalue weighted by Gasteiger charge is -2.09. The van der Waals surface area contributed by atoms with Gasteiger partial charge >= 0.3 is 0 Å². The van der Waals surface area contributed by atoms with Crippen molar-refractivity contribution in [2.45, 2.75) is 31.3 Å². The topological polar surface area (TPSA) is 19.9 Å². The number of rotatable bonds is 0. The van der Waals surface area contributed by atoms with Crippen molar-refractivity contribution in [1.82, 2.24) is 0 Å². The minimum atomic E-state index is -2.90. The van der Waals surface area contributed by atoms with Crippen LogP contribution in [0.4, 0.5) is 8.78 Å². The molecule has 47 valence electrons. The largest absolute Gasteiger partial charge is 0.276 e. The number of hydrogen-bond acceptors (Lipinski definition) is 0. The Balaban J connectivity index is 2.54. The van der Waals surface area contributed by atoms with Gasteiger partial charge in [-0.15, -0.1) is 0 Å². The Morgan fingerprint density at radius 2 is 2.12 bits per heavy atom. The van der Waals surface area contributed by atoms with E-state index in [4.69, 9.17) is 0 Å². The molecule has 0 aromatic rings. The molecule has 1 fully saturated rings. The maximum atomic E-state index is 12.0. The zero-order chi connectivity index (χ0) is 6.20. The van der Waals surface area contributed by atoms with Crippen LogP contribution in [0.25, 0.3) is 0 Å². The molecule has 1 atom stereocenters. The summed E-state index contributed by atoms with van der Waals surface area (Å²) >= 11 is 0. The van der Waals surface area contributed by atoms with Gasteiger partial charge in [0.1, 0.15) is 0 Å². The molecule has 1 aliphatic carbocycles. The minimum absolute atomic E-state index is 0.146. The van der Waals surface area contributed by atoms with Crippen molar-refractivity contribution in [3.05, 3.63) is 0 Å². The van der Waals surface area contributed by atoms with Gasteiger partial charge in [-0.1, -0.05) is 0 Å². The third kappa shape index (κ3) is 0.823. The number of hydrogen-bond donors (Lipinski definition) is 0. The van der Waals surface area contributed by atoms with Gasteiger partial charge in [0.2, 0.25) is 0 Å². The first-order valence-electron chi connectivity index (χ1n) is 2.66. The van der Waals surface area contributed by atoms with Crippen LogP contribution in [0.1, 0.15) is 19.3 Å². The molecule has 0 bridgehead atoms. The lowest BCUT2D eigenvalue weighted by atomic mass is 10.2. The van der Waals surface area contributed by atoms with Crippen molar-refractivity contribution < 1.29 is 13.9 Å². The highest BCUT2D eigenvalue weighted by Gasteiger charge is 2.43. The third-order valence-corrected chi connectivity index (χ3v) is 1.45. The molecule has 1 rings (SSSR count). The summed E-state index contributed by atoms with van der Waals surface area (Å²) in [7, 11) is 0. The van der Waals surface area contributed by atoms with E-state index in [0.717, 1.165) is 0 Å². The Morgan fingerprint density at radius 3 is 2.25 bits per heavy atom. The normalized spacial score (nSPS) is 35.6. The molecular formula is C5H7F2O. The van der Waals surface area contributed by atoms with E-state index in [9.17, 15) is 13.9 Å². The molecular weight excluding hydrogens is 114 g/mol. The highest BCUT2D eigenvalue weighted by molar-refractivity contribution is 4.82. The Hall–Kier alpha value is -0.180. The predicted molar refractivity (Wildman–Crippen MR) is 23.3 cm³/mol. The van der Waals surface area contributed by atoms with Crippen molar-refractivity contribution in [3.8, 4) is 0 Å². The summed E-state index contributed by atoms with van der Waals surface area (Å²) in [6.07, 6.45) is -1.29. The van der Waals surface area contributed by atoms with E-state index >= 15 is 0 Å². The standard InChI is InChI=1S/C5H7F2O/c6-5(7)3-1-2-4(5)8/h4H,1-3H2. The summed E-state index contributed by atoms with van der Waals surface area (Å²) in [5.74, 6) is -2.90. The van der Waals surface area contributed by atoms with Crippen LogP contribution in [0, 0.1) is 0 Å². The van der Waals surface area contributed by atoms with Gasteiger partial charge in [-0.05, 0) is 12.8 Å². The van der Waals surface area contributed by atoms with E-state index in [-0.39, 0.29) is 12.8 Å². The van der Waals surface area contributed by atoms with Crippen molar-refractivity contribution >= 4 is 0 Å². The van der Waals surface area contributed by atoms with E-state index in [0.29, 0.717) is 6.42 Å². The fourth-order valence-corrected chi connectivity index (χ4v) is 0.895. The first kappa shape index (κ1) is 5.95. The molecule has 8 heavy (non-hydrogen) atoms. The van der Waals surface area contributed by atoms with Gasteiger partial charge in [-0.3, -0.25) is 0 Å². The molecule has 0 aliphatic heterocycles. The minimum Gasteiger partial charge on any atom is -0.226 e. The summed E-state index contributed by atoms with van der Waals surface area (Å²) in [5, 5.41) is 10.2. The average Bonchev–Trinajstić information content (AvgIpc) is 1.86. The second kappa shape index (κ2) is 1.65. The fourth-order valence-electron chi connectivity index (χ4n) is 0.895. The summed E-state index contributed by atoms with van der Waals surface area (Å²) < 4.78 is 24.1. The molecule has 1 radical (unpaired) electrons. The second-order valence-electron chi connectivity index (χ2n) is 2.14. The Labute approximate surface area is 46.3 Å². The molecule has 0 spiro atoms. The highest BCUT2D eigenvalue weighted by atomic mass is 19.3. The van der Waals surface area contributed by atoms with Gasteiger partial charge in [0.25, 0.3) is 5.92 Å². The van der Waals surface area contributed by atoms with Crippen LogP contribution in [0.5, 0.6) is 0 Å². The van der Waals surface area contributed by atoms with E-state index in [2.05, 4.69) is 0 Å². The number of halogens is 2. The van der Waals surface area contributed by atoms with Crippen LogP contribution in [0.3, 0.4) is 0 Å². The van der Waals surface area contributed by atoms with Crippen molar-refractivity contribution in [2.24, 2.45) is 0 Å². The van der Waals surface area contributed by atoms with Gasteiger partial charge in [0.05, 0.1) is 0 Å². The van der Waals surface area contributed by atoms with E-state index in [1.807, 2.05) is 0 Å². The first-order valence-corrected chi connectivity index (χ1v) is 2.66. The second-order valence-corrected chi connectivity index (χ2v) is 2.14. The van der Waals surface area contributed by atoms with Crippen LogP contribution >= 0.6 is 0 Å². The van der Waals surface area contributed by atoms with Gasteiger partial charge in [0.15, 0.2) is 6.10 Å². The zero-order valence-corrected chi connectivity index (χ0v) is 4.36. The molecule has 0 aromatic carbocycles. The Bertz CT molecular complexity index is 92.4. The molecule has 0 N–H and O–H groups in total. The van der Waals surface area contributed by atoms with Crippen LogP contribution in [-0.4, -0.2) is 12.0 Å². The summed E-state index contributed by atoms with van der Waals surface area (Å²) in [6, 6.07) is 0. The van der Waals surface area contributed by atoms with Crippen LogP contribution in [0.15, 0.2) is 0 Å². The van der Waals surface area contributed by atoms with Gasteiger partial charge < -0.3 is 0 Å². The summed E-state index contributed by atoms with van der Waals surface area (Å²) in [4.78, 5) is 0. The zero-order valence-electron chi connectivity index (χ0n) is 4.36. The predicted octanol–water partition coefficient (Wildman–Crippen LogP) is 1.60. The lowest BCUT2D eigenvalue weighted by molar-refractivity contribution is -0.113. The molecule has 0 amide bonds. The van der Waals surface area contributed by atoms with Gasteiger partial charge in [-0.25, -0.2) is 13.9 Å². The monoisotopic (exact) mass is 121 g/mol. The maximum absolute atomic E-state index is 12.0. The molecule has 0 heterocycles. The summed E-state index contributed by atoms with van der Waals surface area (Å²) in [5.41, 5.74) is 0. The molecule has 1 nitrogen and oxygen atoms in total. The van der Waals surface area contributed by atoms with Gasteiger partial charge in [-0.2, -0.15) is 0 Å². The van der Waals surface area contributed by atoms with Crippen molar-refractivity contribution in [1.29, 1.82) is 0 Å². The van der Waals surface area contributed by atoms with Gasteiger partial charge in [0, 0.05) is 6.42 Å². The van der Waals surface area contributed by atoms with E-state index in [1.165, 1.54) is 0 Å². The van der Waals surface area contributed by atoms with E-state index in [1.54, 1.807) is 0 Å². The number of alkyl halides is 2. The van der Waals surface area contributed by atoms with Crippen LogP contribution in [-0.2, 0) is 5.11 Å².